The summed E-state index contributed by atoms with van der Waals surface area (Å²) >= 11 is 1.51. The monoisotopic (exact) mass is 406 g/mol. The van der Waals surface area contributed by atoms with Gasteiger partial charge >= 0.3 is 0 Å². The van der Waals surface area contributed by atoms with E-state index in [9.17, 15) is 4.79 Å². The van der Waals surface area contributed by atoms with Crippen LogP contribution in [0.3, 0.4) is 0 Å². The summed E-state index contributed by atoms with van der Waals surface area (Å²) in [6.07, 6.45) is 0. The van der Waals surface area contributed by atoms with Crippen LogP contribution in [0.1, 0.15) is 26.4 Å². The van der Waals surface area contributed by atoms with E-state index in [1.165, 1.54) is 22.5 Å². The number of benzene rings is 2. The third-order valence-corrected chi connectivity index (χ3v) is 6.17. The fourth-order valence-electron chi connectivity index (χ4n) is 3.46. The summed E-state index contributed by atoms with van der Waals surface area (Å²) < 4.78 is 5.78. The number of nitrogens with zero attached hydrogens (tertiary/aromatic N) is 2. The van der Waals surface area contributed by atoms with E-state index >= 15 is 0 Å². The number of carbonyl (C=O) groups excluding carboxylic acids is 1. The number of hydrogen-bond donors (Lipinski definition) is 0. The predicted molar refractivity (Wildman–Crippen MR) is 117 cm³/mol. The summed E-state index contributed by atoms with van der Waals surface area (Å²) in [5, 5.41) is 2.02. The van der Waals surface area contributed by atoms with Crippen molar-refractivity contribution in [3.8, 4) is 5.75 Å². The number of aryl methyl sites for hydroxylation is 1. The molecule has 0 saturated carbocycles. The second kappa shape index (κ2) is 9.25. The van der Waals surface area contributed by atoms with Crippen LogP contribution in [0, 0.1) is 6.92 Å². The zero-order valence-corrected chi connectivity index (χ0v) is 17.5. The second-order valence-electron chi connectivity index (χ2n) is 7.47. The smallest absolute Gasteiger partial charge is 0.264 e. The fourth-order valence-corrected chi connectivity index (χ4v) is 4.33. The Morgan fingerprint density at radius 3 is 2.41 bits per heavy atom. The average molecular weight is 407 g/mol. The van der Waals surface area contributed by atoms with Gasteiger partial charge in [-0.25, -0.2) is 0 Å². The highest BCUT2D eigenvalue weighted by Crippen LogP contribution is 2.20. The van der Waals surface area contributed by atoms with Gasteiger partial charge in [-0.3, -0.25) is 9.69 Å². The van der Waals surface area contributed by atoms with Crippen LogP contribution in [0.4, 0.5) is 0 Å². The van der Waals surface area contributed by atoms with E-state index in [1.807, 2.05) is 46.7 Å². The lowest BCUT2D eigenvalue weighted by atomic mass is 10.1. The predicted octanol–water partition coefficient (Wildman–Crippen LogP) is 4.59. The van der Waals surface area contributed by atoms with Crippen LogP contribution in [0.25, 0.3) is 0 Å². The lowest BCUT2D eigenvalue weighted by molar-refractivity contribution is 0.0633. The van der Waals surface area contributed by atoms with Crippen LogP contribution >= 0.6 is 11.3 Å². The summed E-state index contributed by atoms with van der Waals surface area (Å²) in [6.45, 7) is 6.92. The minimum atomic E-state index is 0.135. The molecule has 0 aliphatic carbocycles. The Morgan fingerprint density at radius 2 is 1.69 bits per heavy atom. The van der Waals surface area contributed by atoms with Crippen molar-refractivity contribution in [1.29, 1.82) is 0 Å². The van der Waals surface area contributed by atoms with Gasteiger partial charge in [0, 0.05) is 38.3 Å². The van der Waals surface area contributed by atoms with Gasteiger partial charge in [-0.2, -0.15) is 0 Å². The van der Waals surface area contributed by atoms with Crippen LogP contribution in [0.2, 0.25) is 0 Å². The Labute approximate surface area is 176 Å². The highest BCUT2D eigenvalue weighted by molar-refractivity contribution is 7.12. The molecule has 1 amide bonds. The molecule has 5 heteroatoms. The molecule has 1 aromatic heterocycles. The molecule has 0 radical (unpaired) electrons. The molecule has 4 rings (SSSR count). The molecule has 2 aromatic carbocycles. The maximum Gasteiger partial charge on any atom is 0.264 e. The molecule has 0 atom stereocenters. The second-order valence-corrected chi connectivity index (χ2v) is 8.39. The number of ether oxygens (including phenoxy) is 1. The van der Waals surface area contributed by atoms with E-state index in [-0.39, 0.29) is 5.91 Å². The first-order chi connectivity index (χ1) is 14.2. The fraction of sp³-hybridized carbons (Fsp3) is 0.292. The molecule has 1 saturated heterocycles. The lowest BCUT2D eigenvalue weighted by Crippen LogP contribution is -2.48. The maximum atomic E-state index is 12.9. The number of piperazine rings is 1. The maximum absolute atomic E-state index is 12.9. The van der Waals surface area contributed by atoms with Gasteiger partial charge in [-0.1, -0.05) is 48.0 Å². The van der Waals surface area contributed by atoms with Gasteiger partial charge in [-0.15, -0.1) is 11.3 Å². The lowest BCUT2D eigenvalue weighted by Gasteiger charge is -2.34. The van der Waals surface area contributed by atoms with Crippen LogP contribution in [0.5, 0.6) is 5.75 Å². The standard InChI is InChI=1S/C24H26N2O2S/c1-19-7-9-20(10-8-19)16-25-11-13-26(14-12-25)24(27)23-15-21(18-29-23)17-28-22-5-3-2-4-6-22/h2-10,15,18H,11-14,16-17H2,1H3. The Bertz CT molecular complexity index is 929. The van der Waals surface area contributed by atoms with Crippen LogP contribution < -0.4 is 4.74 Å². The first kappa shape index (κ1) is 19.7. The summed E-state index contributed by atoms with van der Waals surface area (Å²) in [5.74, 6) is 0.979. The number of rotatable bonds is 6. The Hall–Kier alpha value is -2.63. The zero-order chi connectivity index (χ0) is 20.1. The summed E-state index contributed by atoms with van der Waals surface area (Å²) in [4.78, 5) is 18.1. The molecule has 150 valence electrons. The number of thiophene rings is 1. The molecule has 1 aliphatic rings. The first-order valence-electron chi connectivity index (χ1n) is 10.00. The largest absolute Gasteiger partial charge is 0.489 e. The molecule has 2 heterocycles. The topological polar surface area (TPSA) is 32.8 Å². The quantitative estimate of drug-likeness (QED) is 0.600. The summed E-state index contributed by atoms with van der Waals surface area (Å²) in [6, 6.07) is 20.4. The van der Waals surface area contributed by atoms with Crippen molar-refractivity contribution >= 4 is 17.2 Å². The molecule has 1 aliphatic heterocycles. The zero-order valence-electron chi connectivity index (χ0n) is 16.7. The van der Waals surface area contributed by atoms with E-state index in [2.05, 4.69) is 36.1 Å². The molecule has 0 unspecified atom stereocenters. The van der Waals surface area contributed by atoms with E-state index < -0.39 is 0 Å². The molecular formula is C24H26N2O2S. The Balaban J connectivity index is 1.27. The van der Waals surface area contributed by atoms with Crippen molar-refractivity contribution in [2.75, 3.05) is 26.2 Å². The summed E-state index contributed by atoms with van der Waals surface area (Å²) in [7, 11) is 0. The molecule has 1 fully saturated rings. The van der Waals surface area contributed by atoms with Crippen LogP contribution in [0.15, 0.2) is 66.0 Å². The van der Waals surface area contributed by atoms with Crippen molar-refractivity contribution in [3.63, 3.8) is 0 Å². The van der Waals surface area contributed by atoms with Crippen molar-refractivity contribution < 1.29 is 9.53 Å². The number of hydrogen-bond acceptors (Lipinski definition) is 4. The molecular weight excluding hydrogens is 380 g/mol. The highest BCUT2D eigenvalue weighted by atomic mass is 32.1. The third-order valence-electron chi connectivity index (χ3n) is 5.20. The Kier molecular flexibility index (Phi) is 6.27. The summed E-state index contributed by atoms with van der Waals surface area (Å²) in [5.41, 5.74) is 3.66. The molecule has 0 bridgehead atoms. The van der Waals surface area contributed by atoms with Gasteiger partial charge < -0.3 is 9.64 Å². The third kappa shape index (κ3) is 5.25. The van der Waals surface area contributed by atoms with Crippen molar-refractivity contribution in [2.24, 2.45) is 0 Å². The van der Waals surface area contributed by atoms with E-state index in [0.29, 0.717) is 6.61 Å². The molecule has 0 spiro atoms. The van der Waals surface area contributed by atoms with Gasteiger partial charge in [0.15, 0.2) is 0 Å². The van der Waals surface area contributed by atoms with E-state index in [1.54, 1.807) is 0 Å². The normalized spacial score (nSPS) is 14.7. The van der Waals surface area contributed by atoms with Gasteiger partial charge in [0.2, 0.25) is 0 Å². The number of amides is 1. The van der Waals surface area contributed by atoms with Crippen LogP contribution in [-0.4, -0.2) is 41.9 Å². The van der Waals surface area contributed by atoms with Crippen molar-refractivity contribution in [3.05, 3.63) is 87.6 Å². The number of carbonyl (C=O) groups is 1. The Morgan fingerprint density at radius 1 is 0.966 bits per heavy atom. The first-order valence-corrected chi connectivity index (χ1v) is 10.9. The highest BCUT2D eigenvalue weighted by Gasteiger charge is 2.23. The van der Waals surface area contributed by atoms with Crippen molar-refractivity contribution in [1.82, 2.24) is 9.80 Å². The molecule has 0 N–H and O–H groups in total. The van der Waals surface area contributed by atoms with Gasteiger partial charge in [0.1, 0.15) is 12.4 Å². The molecule has 3 aromatic rings. The molecule has 29 heavy (non-hydrogen) atoms. The van der Waals surface area contributed by atoms with E-state index in [4.69, 9.17) is 4.74 Å². The minimum Gasteiger partial charge on any atom is -0.489 e. The SMILES string of the molecule is Cc1ccc(CN2CCN(C(=O)c3cc(COc4ccccc4)cs3)CC2)cc1. The van der Waals surface area contributed by atoms with Crippen LogP contribution in [-0.2, 0) is 13.2 Å². The van der Waals surface area contributed by atoms with E-state index in [0.717, 1.165) is 48.9 Å². The van der Waals surface area contributed by atoms with Gasteiger partial charge in [0.25, 0.3) is 5.91 Å². The van der Waals surface area contributed by atoms with Gasteiger partial charge in [-0.05, 0) is 36.1 Å². The minimum absolute atomic E-state index is 0.135. The average Bonchev–Trinajstić information content (AvgIpc) is 3.24. The number of para-hydroxylation sites is 1. The van der Waals surface area contributed by atoms with Gasteiger partial charge in [0.05, 0.1) is 4.88 Å². The molecule has 4 nitrogen and oxygen atoms in total. The van der Waals surface area contributed by atoms with Crippen molar-refractivity contribution in [2.45, 2.75) is 20.1 Å².